The van der Waals surface area contributed by atoms with Crippen LogP contribution >= 0.6 is 11.6 Å². The van der Waals surface area contributed by atoms with E-state index in [9.17, 15) is 0 Å². The van der Waals surface area contributed by atoms with Gasteiger partial charge in [-0.1, -0.05) is 25.4 Å². The molecule has 0 saturated carbocycles. The highest BCUT2D eigenvalue weighted by atomic mass is 35.5. The van der Waals surface area contributed by atoms with Crippen molar-refractivity contribution in [3.63, 3.8) is 0 Å². The van der Waals surface area contributed by atoms with Crippen molar-refractivity contribution < 1.29 is 4.74 Å². The van der Waals surface area contributed by atoms with Crippen LogP contribution in [0.4, 0.5) is 0 Å². The fourth-order valence-electron chi connectivity index (χ4n) is 1.08. The van der Waals surface area contributed by atoms with E-state index in [1.54, 1.807) is 7.11 Å². The number of aromatic nitrogens is 2. The maximum absolute atomic E-state index is 5.88. The summed E-state index contributed by atoms with van der Waals surface area (Å²) in [6.45, 7) is 4.79. The normalized spacial score (nSPS) is 10.9. The molecule has 0 fully saturated rings. The fraction of sp³-hybridized carbons (Fsp3) is 0.600. The summed E-state index contributed by atoms with van der Waals surface area (Å²) in [6.07, 6.45) is 0.705. The van der Waals surface area contributed by atoms with E-state index in [1.165, 1.54) is 0 Å². The van der Waals surface area contributed by atoms with Crippen molar-refractivity contribution in [2.45, 2.75) is 26.2 Å². The molecule has 0 spiro atoms. The third-order valence-corrected chi connectivity index (χ3v) is 2.08. The van der Waals surface area contributed by atoms with Gasteiger partial charge in [0.05, 0.1) is 6.61 Å². The van der Waals surface area contributed by atoms with Crippen LogP contribution in [0.3, 0.4) is 0 Å². The lowest BCUT2D eigenvalue weighted by atomic mass is 10.1. The molecular formula is C10H15ClN2O. The standard InChI is InChI=1S/C10H15ClN2O/c1-7(2)8-6-9(11)13-10(12-8)4-5-14-3/h6-7H,4-5H2,1-3H3. The van der Waals surface area contributed by atoms with Crippen LogP contribution in [0.15, 0.2) is 6.07 Å². The summed E-state index contributed by atoms with van der Waals surface area (Å²) < 4.78 is 4.96. The summed E-state index contributed by atoms with van der Waals surface area (Å²) in [4.78, 5) is 8.52. The summed E-state index contributed by atoms with van der Waals surface area (Å²) in [5.41, 5.74) is 0.983. The van der Waals surface area contributed by atoms with Crippen molar-refractivity contribution in [2.24, 2.45) is 0 Å². The minimum absolute atomic E-state index is 0.372. The van der Waals surface area contributed by atoms with E-state index < -0.39 is 0 Å². The summed E-state index contributed by atoms with van der Waals surface area (Å²) in [5.74, 6) is 1.12. The molecule has 0 N–H and O–H groups in total. The quantitative estimate of drug-likeness (QED) is 0.723. The number of rotatable bonds is 4. The smallest absolute Gasteiger partial charge is 0.133 e. The number of ether oxygens (including phenoxy) is 1. The molecule has 3 nitrogen and oxygen atoms in total. The first-order valence-corrected chi connectivity index (χ1v) is 5.03. The summed E-state index contributed by atoms with van der Waals surface area (Å²) >= 11 is 5.88. The van der Waals surface area contributed by atoms with Crippen LogP contribution in [0.5, 0.6) is 0 Å². The Labute approximate surface area is 89.5 Å². The van der Waals surface area contributed by atoms with Crippen LogP contribution in [-0.4, -0.2) is 23.7 Å². The van der Waals surface area contributed by atoms with E-state index in [-0.39, 0.29) is 0 Å². The van der Waals surface area contributed by atoms with E-state index >= 15 is 0 Å². The third-order valence-electron chi connectivity index (χ3n) is 1.88. The van der Waals surface area contributed by atoms with Crippen molar-refractivity contribution in [3.8, 4) is 0 Å². The first-order valence-electron chi connectivity index (χ1n) is 4.65. The van der Waals surface area contributed by atoms with Crippen LogP contribution < -0.4 is 0 Å². The topological polar surface area (TPSA) is 35.0 Å². The van der Waals surface area contributed by atoms with Crippen molar-refractivity contribution in [2.75, 3.05) is 13.7 Å². The predicted molar refractivity (Wildman–Crippen MR) is 56.7 cm³/mol. The van der Waals surface area contributed by atoms with E-state index in [1.807, 2.05) is 6.07 Å². The molecule has 1 aromatic heterocycles. The molecule has 14 heavy (non-hydrogen) atoms. The first-order chi connectivity index (χ1) is 6.63. The molecule has 0 atom stereocenters. The lowest BCUT2D eigenvalue weighted by molar-refractivity contribution is 0.200. The van der Waals surface area contributed by atoms with E-state index in [4.69, 9.17) is 16.3 Å². The zero-order chi connectivity index (χ0) is 10.6. The SMILES string of the molecule is COCCc1nc(Cl)cc(C(C)C)n1. The average molecular weight is 215 g/mol. The lowest BCUT2D eigenvalue weighted by Gasteiger charge is -2.07. The van der Waals surface area contributed by atoms with Crippen LogP contribution in [-0.2, 0) is 11.2 Å². The molecule has 0 aliphatic carbocycles. The molecule has 0 saturated heterocycles. The second-order valence-electron chi connectivity index (χ2n) is 3.43. The average Bonchev–Trinajstić information content (AvgIpc) is 2.14. The van der Waals surface area contributed by atoms with Gasteiger partial charge >= 0.3 is 0 Å². The molecule has 78 valence electrons. The van der Waals surface area contributed by atoms with E-state index in [2.05, 4.69) is 23.8 Å². The second kappa shape index (κ2) is 5.27. The van der Waals surface area contributed by atoms with E-state index in [0.29, 0.717) is 24.1 Å². The van der Waals surface area contributed by atoms with Crippen LogP contribution in [0, 0.1) is 0 Å². The predicted octanol–water partition coefficient (Wildman–Crippen LogP) is 2.44. The van der Waals surface area contributed by atoms with Crippen LogP contribution in [0.2, 0.25) is 5.15 Å². The summed E-state index contributed by atoms with van der Waals surface area (Å²) in [6, 6.07) is 1.81. The molecule has 0 unspecified atom stereocenters. The summed E-state index contributed by atoms with van der Waals surface area (Å²) in [7, 11) is 1.66. The molecule has 1 aromatic rings. The van der Waals surface area contributed by atoms with E-state index in [0.717, 1.165) is 11.5 Å². The van der Waals surface area contributed by atoms with Crippen molar-refractivity contribution >= 4 is 11.6 Å². The molecule has 0 amide bonds. The largest absolute Gasteiger partial charge is 0.384 e. The van der Waals surface area contributed by atoms with Gasteiger partial charge in [-0.25, -0.2) is 9.97 Å². The Morgan fingerprint density at radius 1 is 1.43 bits per heavy atom. The monoisotopic (exact) mass is 214 g/mol. The van der Waals surface area contributed by atoms with Crippen molar-refractivity contribution in [1.82, 2.24) is 9.97 Å². The maximum atomic E-state index is 5.88. The van der Waals surface area contributed by atoms with Crippen LogP contribution in [0.1, 0.15) is 31.3 Å². The molecule has 0 aliphatic rings. The van der Waals surface area contributed by atoms with Gasteiger partial charge in [-0.05, 0) is 12.0 Å². The Bertz CT molecular complexity index is 302. The number of hydrogen-bond acceptors (Lipinski definition) is 3. The minimum Gasteiger partial charge on any atom is -0.384 e. The van der Waals surface area contributed by atoms with Crippen molar-refractivity contribution in [3.05, 3.63) is 22.7 Å². The highest BCUT2D eigenvalue weighted by molar-refractivity contribution is 6.29. The van der Waals surface area contributed by atoms with Crippen LogP contribution in [0.25, 0.3) is 0 Å². The van der Waals surface area contributed by atoms with Gasteiger partial charge in [-0.2, -0.15) is 0 Å². The van der Waals surface area contributed by atoms with Gasteiger partial charge in [0.1, 0.15) is 11.0 Å². The van der Waals surface area contributed by atoms with Gasteiger partial charge in [-0.3, -0.25) is 0 Å². The molecule has 0 aliphatic heterocycles. The Balaban J connectivity index is 2.84. The molecule has 0 bridgehead atoms. The lowest BCUT2D eigenvalue weighted by Crippen LogP contribution is -2.04. The fourth-order valence-corrected chi connectivity index (χ4v) is 1.29. The Morgan fingerprint density at radius 3 is 2.71 bits per heavy atom. The Kier molecular flexibility index (Phi) is 4.29. The number of halogens is 1. The molecular weight excluding hydrogens is 200 g/mol. The van der Waals surface area contributed by atoms with Gasteiger partial charge in [0.25, 0.3) is 0 Å². The number of nitrogens with zero attached hydrogens (tertiary/aromatic N) is 2. The van der Waals surface area contributed by atoms with Gasteiger partial charge in [0.15, 0.2) is 0 Å². The zero-order valence-corrected chi connectivity index (χ0v) is 9.51. The Hall–Kier alpha value is -0.670. The number of hydrogen-bond donors (Lipinski definition) is 0. The molecule has 0 aromatic carbocycles. The van der Waals surface area contributed by atoms with Gasteiger partial charge in [-0.15, -0.1) is 0 Å². The summed E-state index contributed by atoms with van der Waals surface area (Å²) in [5, 5.41) is 0.509. The zero-order valence-electron chi connectivity index (χ0n) is 8.75. The third kappa shape index (κ3) is 3.24. The second-order valence-corrected chi connectivity index (χ2v) is 3.82. The minimum atomic E-state index is 0.372. The Morgan fingerprint density at radius 2 is 2.14 bits per heavy atom. The van der Waals surface area contributed by atoms with Gasteiger partial charge in [0.2, 0.25) is 0 Å². The first kappa shape index (κ1) is 11.4. The molecule has 4 heteroatoms. The highest BCUT2D eigenvalue weighted by Crippen LogP contribution is 2.15. The molecule has 1 rings (SSSR count). The van der Waals surface area contributed by atoms with Gasteiger partial charge in [0, 0.05) is 19.2 Å². The number of methoxy groups -OCH3 is 1. The molecule has 0 radical (unpaired) electrons. The van der Waals surface area contributed by atoms with Crippen molar-refractivity contribution in [1.29, 1.82) is 0 Å². The highest BCUT2D eigenvalue weighted by Gasteiger charge is 2.06. The maximum Gasteiger partial charge on any atom is 0.133 e. The van der Waals surface area contributed by atoms with Gasteiger partial charge < -0.3 is 4.74 Å². The molecule has 1 heterocycles.